The highest BCUT2D eigenvalue weighted by atomic mass is 35.5. The van der Waals surface area contributed by atoms with Crippen LogP contribution in [-0.4, -0.2) is 32.1 Å². The molecule has 4 rings (SSSR count). The highest BCUT2D eigenvalue weighted by Crippen LogP contribution is 2.49. The number of nitrogens with zero attached hydrogens (tertiary/aromatic N) is 4. The Morgan fingerprint density at radius 2 is 2.22 bits per heavy atom. The second-order valence-electron chi connectivity index (χ2n) is 6.30. The van der Waals surface area contributed by atoms with Crippen molar-refractivity contribution in [1.29, 1.82) is 0 Å². The Kier molecular flexibility index (Phi) is 3.60. The van der Waals surface area contributed by atoms with Crippen LogP contribution in [-0.2, 0) is 24.3 Å². The molecule has 2 aromatic rings. The Balaban J connectivity index is 1.45. The van der Waals surface area contributed by atoms with E-state index in [0.717, 1.165) is 42.6 Å². The summed E-state index contributed by atoms with van der Waals surface area (Å²) in [7, 11) is 0. The molecule has 0 bridgehead atoms. The molecule has 5 nitrogen and oxygen atoms in total. The molecule has 2 atom stereocenters. The lowest BCUT2D eigenvalue weighted by molar-refractivity contribution is -0.134. The van der Waals surface area contributed by atoms with E-state index in [1.54, 1.807) is 0 Å². The number of fused-ring (bicyclic) bond motifs is 1. The van der Waals surface area contributed by atoms with E-state index in [1.165, 1.54) is 5.56 Å². The van der Waals surface area contributed by atoms with Gasteiger partial charge in [-0.3, -0.25) is 4.79 Å². The lowest BCUT2D eigenvalue weighted by Crippen LogP contribution is -2.39. The highest BCUT2D eigenvalue weighted by molar-refractivity contribution is 6.30. The molecule has 0 N–H and O–H groups in total. The van der Waals surface area contributed by atoms with Gasteiger partial charge in [-0.05, 0) is 30.0 Å². The predicted octanol–water partition coefficient (Wildman–Crippen LogP) is 2.64. The van der Waals surface area contributed by atoms with Gasteiger partial charge in [-0.2, -0.15) is 0 Å². The molecule has 1 amide bonds. The van der Waals surface area contributed by atoms with Crippen LogP contribution in [0.1, 0.15) is 36.5 Å². The average molecular weight is 331 g/mol. The van der Waals surface area contributed by atoms with Crippen molar-refractivity contribution in [3.05, 3.63) is 46.5 Å². The summed E-state index contributed by atoms with van der Waals surface area (Å²) in [5.41, 5.74) is 1.17. The summed E-state index contributed by atoms with van der Waals surface area (Å²) in [4.78, 5) is 14.7. The summed E-state index contributed by atoms with van der Waals surface area (Å²) in [6.07, 6.45) is 1.79. The smallest absolute Gasteiger partial charge is 0.226 e. The Hall–Kier alpha value is -1.88. The third-order valence-electron chi connectivity index (χ3n) is 4.84. The molecule has 1 aliphatic heterocycles. The molecule has 120 valence electrons. The van der Waals surface area contributed by atoms with E-state index in [2.05, 4.69) is 27.8 Å². The van der Waals surface area contributed by atoms with Crippen molar-refractivity contribution in [1.82, 2.24) is 19.7 Å². The number of hydrogen-bond acceptors (Lipinski definition) is 3. The molecule has 0 unspecified atom stereocenters. The summed E-state index contributed by atoms with van der Waals surface area (Å²) in [5, 5.41) is 9.17. The Morgan fingerprint density at radius 1 is 1.35 bits per heavy atom. The first-order chi connectivity index (χ1) is 11.2. The van der Waals surface area contributed by atoms with Gasteiger partial charge < -0.3 is 9.47 Å². The first kappa shape index (κ1) is 14.7. The van der Waals surface area contributed by atoms with Gasteiger partial charge >= 0.3 is 0 Å². The number of aromatic nitrogens is 3. The third-order valence-corrected chi connectivity index (χ3v) is 5.08. The fraction of sp³-hybridized carbons (Fsp3) is 0.471. The van der Waals surface area contributed by atoms with Crippen molar-refractivity contribution in [3.8, 4) is 0 Å². The minimum absolute atomic E-state index is 0.0913. The van der Waals surface area contributed by atoms with Crippen molar-refractivity contribution in [3.63, 3.8) is 0 Å². The summed E-state index contributed by atoms with van der Waals surface area (Å²) in [6, 6.07) is 7.85. The van der Waals surface area contributed by atoms with Crippen LogP contribution in [0.4, 0.5) is 0 Å². The zero-order chi connectivity index (χ0) is 16.0. The predicted molar refractivity (Wildman–Crippen MR) is 87.1 cm³/mol. The number of hydrogen-bond donors (Lipinski definition) is 0. The van der Waals surface area contributed by atoms with Crippen LogP contribution in [0.2, 0.25) is 5.02 Å². The Morgan fingerprint density at radius 3 is 3.00 bits per heavy atom. The van der Waals surface area contributed by atoms with E-state index in [-0.39, 0.29) is 11.8 Å². The van der Waals surface area contributed by atoms with Gasteiger partial charge in [0.25, 0.3) is 0 Å². The minimum atomic E-state index is 0.0913. The van der Waals surface area contributed by atoms with Gasteiger partial charge in [-0.15, -0.1) is 10.2 Å². The van der Waals surface area contributed by atoms with E-state index in [1.807, 2.05) is 23.1 Å². The lowest BCUT2D eigenvalue weighted by Gasteiger charge is -2.28. The molecule has 1 aliphatic carbocycles. The number of aryl methyl sites for hydroxylation is 1. The van der Waals surface area contributed by atoms with E-state index in [0.29, 0.717) is 12.5 Å². The Labute approximate surface area is 140 Å². The third kappa shape index (κ3) is 2.63. The number of carbonyl (C=O) groups excluding carboxylic acids is 1. The standard InChI is InChI=1S/C17H19ClN4O/c1-2-15-19-20-16-10-21(6-7-22(15)16)17(23)14-9-13(14)11-4-3-5-12(18)8-11/h3-5,8,13-14H,2,6-7,9-10H2,1H3/t13-,14+/m1/s1. The summed E-state index contributed by atoms with van der Waals surface area (Å²) in [6.45, 7) is 4.20. The summed E-state index contributed by atoms with van der Waals surface area (Å²) >= 11 is 6.05. The first-order valence-corrected chi connectivity index (χ1v) is 8.50. The van der Waals surface area contributed by atoms with E-state index < -0.39 is 0 Å². The molecule has 2 heterocycles. The van der Waals surface area contributed by atoms with Gasteiger partial charge in [0.05, 0.1) is 6.54 Å². The summed E-state index contributed by atoms with van der Waals surface area (Å²) in [5.74, 6) is 2.56. The molecule has 23 heavy (non-hydrogen) atoms. The van der Waals surface area contributed by atoms with E-state index >= 15 is 0 Å². The fourth-order valence-electron chi connectivity index (χ4n) is 3.48. The first-order valence-electron chi connectivity index (χ1n) is 8.12. The maximum Gasteiger partial charge on any atom is 0.226 e. The minimum Gasteiger partial charge on any atom is -0.333 e. The van der Waals surface area contributed by atoms with Gasteiger partial charge in [0, 0.05) is 30.5 Å². The maximum absolute atomic E-state index is 12.8. The van der Waals surface area contributed by atoms with E-state index in [9.17, 15) is 4.79 Å². The second-order valence-corrected chi connectivity index (χ2v) is 6.74. The van der Waals surface area contributed by atoms with Crippen molar-refractivity contribution in [2.45, 2.75) is 38.8 Å². The molecule has 1 saturated carbocycles. The van der Waals surface area contributed by atoms with Crippen molar-refractivity contribution < 1.29 is 4.79 Å². The topological polar surface area (TPSA) is 51.0 Å². The zero-order valence-corrected chi connectivity index (χ0v) is 13.8. The molecule has 1 aromatic carbocycles. The Bertz CT molecular complexity index is 757. The molecular weight excluding hydrogens is 312 g/mol. The molecule has 6 heteroatoms. The van der Waals surface area contributed by atoms with Crippen LogP contribution in [0.5, 0.6) is 0 Å². The molecule has 1 aromatic heterocycles. The lowest BCUT2D eigenvalue weighted by atomic mass is 10.1. The van der Waals surface area contributed by atoms with Crippen molar-refractivity contribution >= 4 is 17.5 Å². The number of benzene rings is 1. The molecule has 0 saturated heterocycles. The van der Waals surface area contributed by atoms with Gasteiger partial charge in [0.1, 0.15) is 5.82 Å². The van der Waals surface area contributed by atoms with Gasteiger partial charge in [0.2, 0.25) is 5.91 Å². The molecule has 0 spiro atoms. The van der Waals surface area contributed by atoms with E-state index in [4.69, 9.17) is 11.6 Å². The number of amides is 1. The van der Waals surface area contributed by atoms with Gasteiger partial charge in [-0.25, -0.2) is 0 Å². The van der Waals surface area contributed by atoms with Crippen LogP contribution < -0.4 is 0 Å². The van der Waals surface area contributed by atoms with Crippen LogP contribution in [0.3, 0.4) is 0 Å². The highest BCUT2D eigenvalue weighted by Gasteiger charge is 2.46. The van der Waals surface area contributed by atoms with Gasteiger partial charge in [0.15, 0.2) is 5.82 Å². The van der Waals surface area contributed by atoms with Gasteiger partial charge in [-0.1, -0.05) is 30.7 Å². The van der Waals surface area contributed by atoms with Crippen LogP contribution in [0.25, 0.3) is 0 Å². The number of halogens is 1. The largest absolute Gasteiger partial charge is 0.333 e. The average Bonchev–Trinajstić information content (AvgIpc) is 3.26. The van der Waals surface area contributed by atoms with Crippen molar-refractivity contribution in [2.24, 2.45) is 5.92 Å². The SMILES string of the molecule is CCc1nnc2n1CCN(C(=O)[C@H]1C[C@@H]1c1cccc(Cl)c1)C2. The maximum atomic E-state index is 12.8. The molecule has 0 radical (unpaired) electrons. The quantitative estimate of drug-likeness (QED) is 0.869. The second kappa shape index (κ2) is 5.64. The van der Waals surface area contributed by atoms with Crippen LogP contribution in [0, 0.1) is 5.92 Å². The monoisotopic (exact) mass is 330 g/mol. The molecule has 1 fully saturated rings. The van der Waals surface area contributed by atoms with Crippen LogP contribution in [0.15, 0.2) is 24.3 Å². The molecular formula is C17H19ClN4O. The van der Waals surface area contributed by atoms with Crippen molar-refractivity contribution in [2.75, 3.05) is 6.54 Å². The summed E-state index contributed by atoms with van der Waals surface area (Å²) < 4.78 is 2.14. The number of rotatable bonds is 3. The normalized spacial score (nSPS) is 22.8. The molecule has 2 aliphatic rings. The fourth-order valence-corrected chi connectivity index (χ4v) is 3.67. The van der Waals surface area contributed by atoms with Crippen LogP contribution >= 0.6 is 11.6 Å². The zero-order valence-electron chi connectivity index (χ0n) is 13.1. The number of carbonyl (C=O) groups is 1.